The van der Waals surface area contributed by atoms with Gasteiger partial charge in [0, 0.05) is 5.92 Å². The van der Waals surface area contributed by atoms with E-state index in [-0.39, 0.29) is 28.3 Å². The van der Waals surface area contributed by atoms with Crippen molar-refractivity contribution in [1.82, 2.24) is 5.01 Å². The van der Waals surface area contributed by atoms with Crippen molar-refractivity contribution in [2.45, 2.75) is 19.3 Å². The maximum absolute atomic E-state index is 12.8. The molecule has 0 fully saturated rings. The van der Waals surface area contributed by atoms with Crippen molar-refractivity contribution in [3.05, 3.63) is 87.8 Å². The normalized spacial score (nSPS) is 18.0. The van der Waals surface area contributed by atoms with E-state index in [1.54, 1.807) is 24.3 Å². The fourth-order valence-corrected chi connectivity index (χ4v) is 4.84. The van der Waals surface area contributed by atoms with Gasteiger partial charge in [0.15, 0.2) is 11.3 Å². The zero-order valence-electron chi connectivity index (χ0n) is 17.1. The minimum absolute atomic E-state index is 0.00492. The zero-order valence-corrected chi connectivity index (χ0v) is 17.9. The smallest absolute Gasteiger partial charge is 0.283 e. The molecule has 0 bridgehead atoms. The van der Waals surface area contributed by atoms with Crippen LogP contribution in [0.1, 0.15) is 30.4 Å². The number of carbonyl (C=O) groups is 1. The number of hydrazone groups is 1. The number of thioether (sulfide) groups is 1. The molecule has 8 heteroatoms. The van der Waals surface area contributed by atoms with Crippen LogP contribution in [-0.4, -0.2) is 27.0 Å². The largest absolute Gasteiger partial charge is 0.463 e. The van der Waals surface area contributed by atoms with E-state index >= 15 is 0 Å². The Bertz CT molecular complexity index is 1410. The van der Waals surface area contributed by atoms with Gasteiger partial charge in [-0.05, 0) is 42.0 Å². The van der Waals surface area contributed by atoms with Crippen molar-refractivity contribution in [3.63, 3.8) is 0 Å². The number of para-hydroxylation sites is 1. The Morgan fingerprint density at radius 3 is 2.66 bits per heavy atom. The molecular formula is C24H18N4O3S. The minimum atomic E-state index is -0.578. The number of aliphatic imine (C=N–C) groups is 1. The SMILES string of the molecule is CCC(C1=NN2C(=N)/C(=C\c3coc4ccccc4c3=O)C(=O)N=C2S1)c1ccccc1. The van der Waals surface area contributed by atoms with Gasteiger partial charge in [0.1, 0.15) is 16.9 Å². The highest BCUT2D eigenvalue weighted by molar-refractivity contribution is 8.27. The van der Waals surface area contributed by atoms with Crippen LogP contribution in [0.5, 0.6) is 0 Å². The molecule has 7 nitrogen and oxygen atoms in total. The lowest BCUT2D eigenvalue weighted by molar-refractivity contribution is -0.114. The number of hydrogen-bond donors (Lipinski definition) is 1. The molecular weight excluding hydrogens is 424 g/mol. The second-order valence-corrected chi connectivity index (χ2v) is 8.33. The van der Waals surface area contributed by atoms with Crippen LogP contribution >= 0.6 is 11.8 Å². The summed E-state index contributed by atoms with van der Waals surface area (Å²) in [5, 5.41) is 16.1. The van der Waals surface area contributed by atoms with Gasteiger partial charge in [-0.1, -0.05) is 49.4 Å². The van der Waals surface area contributed by atoms with Gasteiger partial charge < -0.3 is 4.42 Å². The number of fused-ring (bicyclic) bond motifs is 2. The number of rotatable bonds is 4. The molecule has 5 rings (SSSR count). The van der Waals surface area contributed by atoms with Gasteiger partial charge in [0.05, 0.1) is 16.5 Å². The van der Waals surface area contributed by atoms with E-state index in [0.717, 1.165) is 17.0 Å². The number of nitrogens with zero attached hydrogens (tertiary/aromatic N) is 3. The predicted octanol–water partition coefficient (Wildman–Crippen LogP) is 4.61. The lowest BCUT2D eigenvalue weighted by Gasteiger charge is -2.20. The Kier molecular flexibility index (Phi) is 5.07. The Balaban J connectivity index is 1.52. The number of amidine groups is 2. The minimum Gasteiger partial charge on any atom is -0.463 e. The molecule has 158 valence electrons. The van der Waals surface area contributed by atoms with Gasteiger partial charge in [-0.25, -0.2) is 0 Å². The average molecular weight is 443 g/mol. The molecule has 2 aliphatic rings. The number of carbonyl (C=O) groups excluding carboxylic acids is 1. The van der Waals surface area contributed by atoms with E-state index in [1.165, 1.54) is 29.1 Å². The first-order chi connectivity index (χ1) is 15.6. The van der Waals surface area contributed by atoms with Gasteiger partial charge in [-0.3, -0.25) is 15.0 Å². The van der Waals surface area contributed by atoms with E-state index in [4.69, 9.17) is 9.83 Å². The van der Waals surface area contributed by atoms with Crippen LogP contribution < -0.4 is 5.43 Å². The molecule has 0 saturated heterocycles. The highest BCUT2D eigenvalue weighted by Crippen LogP contribution is 2.35. The Morgan fingerprint density at radius 1 is 1.12 bits per heavy atom. The maximum Gasteiger partial charge on any atom is 0.283 e. The Morgan fingerprint density at radius 2 is 1.88 bits per heavy atom. The van der Waals surface area contributed by atoms with Crippen LogP contribution in [0.4, 0.5) is 0 Å². The van der Waals surface area contributed by atoms with Crippen LogP contribution in [0.3, 0.4) is 0 Å². The van der Waals surface area contributed by atoms with E-state index < -0.39 is 5.91 Å². The molecule has 2 aromatic carbocycles. The summed E-state index contributed by atoms with van der Waals surface area (Å²) in [6.45, 7) is 2.07. The molecule has 3 aromatic rings. The van der Waals surface area contributed by atoms with Gasteiger partial charge in [-0.2, -0.15) is 15.1 Å². The van der Waals surface area contributed by atoms with E-state index in [0.29, 0.717) is 16.1 Å². The summed E-state index contributed by atoms with van der Waals surface area (Å²) in [5.41, 5.74) is 1.48. The summed E-state index contributed by atoms with van der Waals surface area (Å²) in [7, 11) is 0. The standard InChI is InChI=1S/C24H18N4O3S/c1-2-16(14-8-4-3-5-9-14)23-27-28-21(25)18(22(30)26-24(28)32-23)12-15-13-31-19-11-7-6-10-17(19)20(15)29/h3-13,16,25H,2H2,1H3/b18-12+,25-21?. The summed E-state index contributed by atoms with van der Waals surface area (Å²) < 4.78 is 5.53. The summed E-state index contributed by atoms with van der Waals surface area (Å²) >= 11 is 1.30. The zero-order chi connectivity index (χ0) is 22.2. The average Bonchev–Trinajstić information content (AvgIpc) is 3.23. The van der Waals surface area contributed by atoms with Crippen molar-refractivity contribution in [2.24, 2.45) is 10.1 Å². The Hall–Kier alpha value is -3.78. The van der Waals surface area contributed by atoms with Gasteiger partial charge in [0.25, 0.3) is 5.91 Å². The highest BCUT2D eigenvalue weighted by Gasteiger charge is 2.37. The van der Waals surface area contributed by atoms with Gasteiger partial charge in [0.2, 0.25) is 5.17 Å². The summed E-state index contributed by atoms with van der Waals surface area (Å²) in [6, 6.07) is 16.9. The number of hydrogen-bond acceptors (Lipinski definition) is 6. The van der Waals surface area contributed by atoms with Gasteiger partial charge >= 0.3 is 0 Å². The first-order valence-electron chi connectivity index (χ1n) is 10.1. The van der Waals surface area contributed by atoms with Crippen molar-refractivity contribution in [1.29, 1.82) is 5.41 Å². The predicted molar refractivity (Wildman–Crippen MR) is 127 cm³/mol. The third-order valence-corrected chi connectivity index (χ3v) is 6.41. The molecule has 1 atom stereocenters. The maximum atomic E-state index is 12.8. The molecule has 1 unspecified atom stereocenters. The number of nitrogens with one attached hydrogen (secondary N) is 1. The van der Waals surface area contributed by atoms with Gasteiger partial charge in [-0.15, -0.1) is 0 Å². The fraction of sp³-hybridized carbons (Fsp3) is 0.125. The second-order valence-electron chi connectivity index (χ2n) is 7.35. The molecule has 0 aliphatic carbocycles. The summed E-state index contributed by atoms with van der Waals surface area (Å²) in [4.78, 5) is 29.7. The molecule has 32 heavy (non-hydrogen) atoms. The molecule has 2 aliphatic heterocycles. The first kappa shape index (κ1) is 20.1. The quantitative estimate of drug-likeness (QED) is 0.595. The molecule has 1 aromatic heterocycles. The van der Waals surface area contributed by atoms with Crippen molar-refractivity contribution < 1.29 is 9.21 Å². The molecule has 1 amide bonds. The van der Waals surface area contributed by atoms with Crippen molar-refractivity contribution >= 4 is 50.8 Å². The van der Waals surface area contributed by atoms with E-state index in [2.05, 4.69) is 17.0 Å². The van der Waals surface area contributed by atoms with Crippen LogP contribution in [0.25, 0.3) is 17.0 Å². The Labute approximate surface area is 187 Å². The van der Waals surface area contributed by atoms with Crippen molar-refractivity contribution in [3.8, 4) is 0 Å². The monoisotopic (exact) mass is 442 g/mol. The first-order valence-corrected chi connectivity index (χ1v) is 10.9. The summed E-state index contributed by atoms with van der Waals surface area (Å²) in [5.74, 6) is -0.652. The lowest BCUT2D eigenvalue weighted by Crippen LogP contribution is -2.35. The van der Waals surface area contributed by atoms with Crippen LogP contribution in [0, 0.1) is 5.41 Å². The molecule has 0 saturated carbocycles. The highest BCUT2D eigenvalue weighted by atomic mass is 32.2. The third-order valence-electron chi connectivity index (χ3n) is 5.38. The van der Waals surface area contributed by atoms with Crippen molar-refractivity contribution in [2.75, 3.05) is 0 Å². The van der Waals surface area contributed by atoms with E-state index in [1.807, 2.05) is 30.3 Å². The number of amides is 1. The number of benzene rings is 2. The molecule has 3 heterocycles. The van der Waals surface area contributed by atoms with Crippen LogP contribution in [-0.2, 0) is 4.79 Å². The van der Waals surface area contributed by atoms with E-state index in [9.17, 15) is 9.59 Å². The molecule has 1 N–H and O–H groups in total. The fourth-order valence-electron chi connectivity index (χ4n) is 3.73. The molecule has 0 radical (unpaired) electrons. The topological polar surface area (TPSA) is 99.1 Å². The third kappa shape index (κ3) is 3.38. The van der Waals surface area contributed by atoms with Crippen LogP contribution in [0.15, 0.2) is 85.7 Å². The lowest BCUT2D eigenvalue weighted by atomic mass is 9.98. The second kappa shape index (κ2) is 8.05. The van der Waals surface area contributed by atoms with Crippen LogP contribution in [0.2, 0.25) is 0 Å². The molecule has 0 spiro atoms. The summed E-state index contributed by atoms with van der Waals surface area (Å²) in [6.07, 6.45) is 3.47.